The number of methoxy groups -OCH3 is 3. The minimum Gasteiger partial charge on any atom is -0.494 e. The first kappa shape index (κ1) is 22.5. The molecule has 0 fully saturated rings. The first-order valence-corrected chi connectivity index (χ1v) is 10.5. The van der Waals surface area contributed by atoms with Gasteiger partial charge in [0.15, 0.2) is 17.3 Å². The Labute approximate surface area is 184 Å². The van der Waals surface area contributed by atoms with E-state index in [1.165, 1.54) is 33.1 Å². The number of rotatable bonds is 10. The van der Waals surface area contributed by atoms with Crippen LogP contribution in [0.2, 0.25) is 0 Å². The molecule has 0 saturated heterocycles. The minimum absolute atomic E-state index is 0.0411. The Morgan fingerprint density at radius 1 is 1.03 bits per heavy atom. The highest BCUT2D eigenvalue weighted by Crippen LogP contribution is 2.41. The van der Waals surface area contributed by atoms with Gasteiger partial charge in [-0.15, -0.1) is 10.2 Å². The van der Waals surface area contributed by atoms with Crippen molar-refractivity contribution in [2.75, 3.05) is 27.9 Å². The van der Waals surface area contributed by atoms with Gasteiger partial charge in [-0.1, -0.05) is 11.8 Å². The summed E-state index contributed by atoms with van der Waals surface area (Å²) in [5.74, 6) is 2.39. The zero-order valence-electron chi connectivity index (χ0n) is 18.0. The van der Waals surface area contributed by atoms with Gasteiger partial charge in [0.05, 0.1) is 33.2 Å². The molecule has 1 atom stereocenters. The molecule has 0 unspecified atom stereocenters. The highest BCUT2D eigenvalue weighted by Gasteiger charge is 2.22. The standard InChI is InChI=1S/C22H24N2O6S/c1-6-29-16-9-7-14(8-10-16)19(25)13(2)31-22-24-23-21(30-22)15-11-17(26-3)20(28-5)18(12-15)27-4/h7-13H,6H2,1-5H3/t13-/m0/s1. The number of ether oxygens (including phenoxy) is 4. The summed E-state index contributed by atoms with van der Waals surface area (Å²) < 4.78 is 27.2. The van der Waals surface area contributed by atoms with Crippen molar-refractivity contribution in [1.29, 1.82) is 0 Å². The summed E-state index contributed by atoms with van der Waals surface area (Å²) >= 11 is 1.20. The SMILES string of the molecule is CCOc1ccc(C(=O)[C@H](C)Sc2nnc(-c3cc(OC)c(OC)c(OC)c3)o2)cc1. The summed E-state index contributed by atoms with van der Waals surface area (Å²) in [6, 6.07) is 10.5. The van der Waals surface area contributed by atoms with Crippen LogP contribution < -0.4 is 18.9 Å². The third-order valence-electron chi connectivity index (χ3n) is 4.41. The Hall–Kier alpha value is -3.20. The average Bonchev–Trinajstić information content (AvgIpc) is 3.26. The third-order valence-corrected chi connectivity index (χ3v) is 5.35. The maximum atomic E-state index is 12.7. The van der Waals surface area contributed by atoms with Crippen molar-refractivity contribution in [2.24, 2.45) is 0 Å². The van der Waals surface area contributed by atoms with Crippen molar-refractivity contribution in [1.82, 2.24) is 10.2 Å². The van der Waals surface area contributed by atoms with Gasteiger partial charge in [-0.3, -0.25) is 4.79 Å². The van der Waals surface area contributed by atoms with E-state index in [1.54, 1.807) is 43.3 Å². The smallest absolute Gasteiger partial charge is 0.277 e. The lowest BCUT2D eigenvalue weighted by atomic mass is 10.1. The normalized spacial score (nSPS) is 11.6. The van der Waals surface area contributed by atoms with E-state index in [9.17, 15) is 4.79 Å². The van der Waals surface area contributed by atoms with Gasteiger partial charge in [-0.25, -0.2) is 0 Å². The molecule has 9 heteroatoms. The number of carbonyl (C=O) groups is 1. The van der Waals surface area contributed by atoms with Crippen molar-refractivity contribution >= 4 is 17.5 Å². The van der Waals surface area contributed by atoms with E-state index in [-0.39, 0.29) is 16.9 Å². The van der Waals surface area contributed by atoms with Gasteiger partial charge in [0, 0.05) is 11.1 Å². The molecule has 0 saturated carbocycles. The van der Waals surface area contributed by atoms with Gasteiger partial charge in [0.2, 0.25) is 11.6 Å². The van der Waals surface area contributed by atoms with Gasteiger partial charge in [-0.05, 0) is 50.2 Å². The summed E-state index contributed by atoms with van der Waals surface area (Å²) in [6.07, 6.45) is 0. The van der Waals surface area contributed by atoms with Crippen LogP contribution in [0.5, 0.6) is 23.0 Å². The molecule has 0 spiro atoms. The number of ketones is 1. The lowest BCUT2D eigenvalue weighted by molar-refractivity contribution is 0.0993. The van der Waals surface area contributed by atoms with Crippen LogP contribution >= 0.6 is 11.8 Å². The van der Waals surface area contributed by atoms with Crippen LogP contribution in [-0.2, 0) is 0 Å². The van der Waals surface area contributed by atoms with Gasteiger partial charge in [0.25, 0.3) is 5.22 Å². The van der Waals surface area contributed by atoms with Crippen LogP contribution in [0.1, 0.15) is 24.2 Å². The summed E-state index contributed by atoms with van der Waals surface area (Å²) in [7, 11) is 4.60. The lowest BCUT2D eigenvalue weighted by Gasteiger charge is -2.12. The molecule has 0 aliphatic heterocycles. The molecule has 0 amide bonds. The van der Waals surface area contributed by atoms with Gasteiger partial charge < -0.3 is 23.4 Å². The van der Waals surface area contributed by atoms with E-state index in [2.05, 4.69) is 10.2 Å². The van der Waals surface area contributed by atoms with Gasteiger partial charge in [-0.2, -0.15) is 0 Å². The van der Waals surface area contributed by atoms with Crippen molar-refractivity contribution in [3.8, 4) is 34.5 Å². The summed E-state index contributed by atoms with van der Waals surface area (Å²) in [6.45, 7) is 4.28. The summed E-state index contributed by atoms with van der Waals surface area (Å²) in [4.78, 5) is 12.7. The fourth-order valence-electron chi connectivity index (χ4n) is 2.90. The second kappa shape index (κ2) is 10.2. The van der Waals surface area contributed by atoms with Crippen LogP contribution in [0.4, 0.5) is 0 Å². The van der Waals surface area contributed by atoms with Crippen LogP contribution in [0.25, 0.3) is 11.5 Å². The van der Waals surface area contributed by atoms with E-state index < -0.39 is 5.25 Å². The number of carbonyl (C=O) groups excluding carboxylic acids is 1. The number of hydrogen-bond acceptors (Lipinski definition) is 9. The Morgan fingerprint density at radius 2 is 1.68 bits per heavy atom. The van der Waals surface area contributed by atoms with Crippen molar-refractivity contribution in [3.05, 3.63) is 42.0 Å². The van der Waals surface area contributed by atoms with Crippen LogP contribution in [0, 0.1) is 0 Å². The molecule has 2 aromatic carbocycles. The molecule has 31 heavy (non-hydrogen) atoms. The number of Topliss-reactive ketones (excluding diaryl/α,β-unsaturated/α-hetero) is 1. The monoisotopic (exact) mass is 444 g/mol. The zero-order chi connectivity index (χ0) is 22.4. The van der Waals surface area contributed by atoms with Gasteiger partial charge in [0.1, 0.15) is 5.75 Å². The third kappa shape index (κ3) is 5.11. The molecule has 0 aliphatic rings. The number of hydrogen-bond donors (Lipinski definition) is 0. The highest BCUT2D eigenvalue weighted by molar-refractivity contribution is 8.00. The largest absolute Gasteiger partial charge is 0.494 e. The van der Waals surface area contributed by atoms with Crippen molar-refractivity contribution in [3.63, 3.8) is 0 Å². The van der Waals surface area contributed by atoms with Crippen molar-refractivity contribution < 1.29 is 28.2 Å². The molecule has 1 aromatic heterocycles. The highest BCUT2D eigenvalue weighted by atomic mass is 32.2. The molecule has 0 bridgehead atoms. The second-order valence-corrected chi connectivity index (χ2v) is 7.66. The topological polar surface area (TPSA) is 92.9 Å². The predicted octanol–water partition coefficient (Wildman–Crippen LogP) is 4.52. The molecule has 0 radical (unpaired) electrons. The average molecular weight is 445 g/mol. The predicted molar refractivity (Wildman–Crippen MR) is 117 cm³/mol. The zero-order valence-corrected chi connectivity index (χ0v) is 18.8. The lowest BCUT2D eigenvalue weighted by Crippen LogP contribution is -2.13. The first-order valence-electron chi connectivity index (χ1n) is 9.58. The van der Waals surface area contributed by atoms with Crippen LogP contribution in [0.3, 0.4) is 0 Å². The second-order valence-electron chi connectivity index (χ2n) is 6.37. The molecule has 3 rings (SSSR count). The molecule has 0 N–H and O–H groups in total. The minimum atomic E-state index is -0.411. The van der Waals surface area contributed by atoms with Crippen LogP contribution in [0.15, 0.2) is 46.0 Å². The van der Waals surface area contributed by atoms with Crippen molar-refractivity contribution in [2.45, 2.75) is 24.3 Å². The molecule has 164 valence electrons. The van der Waals surface area contributed by atoms with E-state index in [1.807, 2.05) is 6.92 Å². The quantitative estimate of drug-likeness (QED) is 0.330. The van der Waals surface area contributed by atoms with E-state index in [0.717, 1.165) is 5.75 Å². The number of nitrogens with zero attached hydrogens (tertiary/aromatic N) is 2. The molecule has 8 nitrogen and oxygen atoms in total. The fourth-order valence-corrected chi connectivity index (χ4v) is 3.66. The first-order chi connectivity index (χ1) is 15.0. The number of aromatic nitrogens is 2. The number of thioether (sulfide) groups is 1. The molecule has 0 aliphatic carbocycles. The molecule has 1 heterocycles. The summed E-state index contributed by atoms with van der Waals surface area (Å²) in [5, 5.41) is 8.03. The van der Waals surface area contributed by atoms with E-state index in [4.69, 9.17) is 23.4 Å². The Balaban J connectivity index is 1.75. The summed E-state index contributed by atoms with van der Waals surface area (Å²) in [5.41, 5.74) is 1.20. The maximum absolute atomic E-state index is 12.7. The number of benzene rings is 2. The van der Waals surface area contributed by atoms with Gasteiger partial charge >= 0.3 is 0 Å². The molecule has 3 aromatic rings. The fraction of sp³-hybridized carbons (Fsp3) is 0.318. The van der Waals surface area contributed by atoms with E-state index in [0.29, 0.717) is 35.0 Å². The maximum Gasteiger partial charge on any atom is 0.277 e. The van der Waals surface area contributed by atoms with Crippen LogP contribution in [-0.4, -0.2) is 49.2 Å². The van der Waals surface area contributed by atoms with E-state index >= 15 is 0 Å². The Kier molecular flexibility index (Phi) is 7.41. The Bertz CT molecular complexity index is 1010. The molecular weight excluding hydrogens is 420 g/mol. The Morgan fingerprint density at radius 3 is 2.23 bits per heavy atom. The molecular formula is C22H24N2O6S.